The molecule has 0 unspecified atom stereocenters. The zero-order valence-corrected chi connectivity index (χ0v) is 54.6. The fraction of sp³-hybridized carbons (Fsp3) is 0. The number of hydrogen-bond donors (Lipinski definition) is 2. The van der Waals surface area contributed by atoms with Crippen LogP contribution in [0, 0.1) is 0 Å². The molecule has 0 saturated heterocycles. The Balaban J connectivity index is 0.000000137. The molecule has 94 heavy (non-hydrogen) atoms. The van der Waals surface area contributed by atoms with Crippen LogP contribution in [0.2, 0.25) is 0 Å². The molecule has 16 heterocycles. The van der Waals surface area contributed by atoms with Gasteiger partial charge in [0.15, 0.2) is 0 Å². The summed E-state index contributed by atoms with van der Waals surface area (Å²) in [7, 11) is 0. The van der Waals surface area contributed by atoms with E-state index >= 15 is 0 Å². The molecule has 18 rings (SSSR count). The maximum Gasteiger partial charge on any atom is 0.148 e. The number of nitrogens with one attached hydrogen (secondary N) is 2. The largest absolute Gasteiger partial charge is 0.337 e. The number of H-pyrrole nitrogens is 2. The van der Waals surface area contributed by atoms with Crippen LogP contribution in [0.25, 0.3) is 142 Å². The SMILES string of the molecule is [Ru].[Ru].c1ccc(-c2ccccn2)nc1.c1ccc(-c2ccccn2)nc1.c1ccc(-c2ccccn2)nc1.c1ccc(-c2ccccn2)nc1.c1cnc2c(c1)c1nc(-c3ccc(-c4ccc(-c5nc6c7cccnc7c7ncccc7c6[nH]5)s4)s3)[nH]c1c1cccnc12. The summed E-state index contributed by atoms with van der Waals surface area (Å²) in [5.74, 6) is 1.68. The van der Waals surface area contributed by atoms with Gasteiger partial charge < -0.3 is 9.97 Å². The molecule has 0 aliphatic carbocycles. The second-order valence-electron chi connectivity index (χ2n) is 20.3. The van der Waals surface area contributed by atoms with E-state index in [0.717, 1.165) is 133 Å². The number of thiophene rings is 2. The van der Waals surface area contributed by atoms with Crippen LogP contribution in [-0.4, -0.2) is 79.7 Å². The van der Waals surface area contributed by atoms with Crippen LogP contribution >= 0.6 is 22.7 Å². The standard InChI is InChI=1S/C34H18N8S2.4C10H8N2.2Ru/c1-5-17-25(35-13-1)26-18(6-2-14-36-26)30-29(17)39-33(40-30)23-11-9-21(43-23)22-10-12-24(44-22)34-41-31-19-7-3-15-37-27(19)28-20(32(31)42-34)8-4-16-38-28;4*1-3-7-11-9(5-1)10-6-2-4-8-12-10;;/h1-16H,(H,39,40)(H,41,42);4*1-8H;;. The molecule has 20 heteroatoms. The molecular weight excluding hydrogens is 1380 g/mol. The van der Waals surface area contributed by atoms with Crippen LogP contribution in [0.5, 0.6) is 0 Å². The Bertz CT molecular complexity index is 4620. The molecule has 0 aliphatic heterocycles. The van der Waals surface area contributed by atoms with Crippen LogP contribution in [0.15, 0.2) is 293 Å². The topological polar surface area (TPSA) is 212 Å². The predicted octanol–water partition coefficient (Wildman–Crippen LogP) is 17.3. The maximum atomic E-state index is 5.06. The summed E-state index contributed by atoms with van der Waals surface area (Å²) in [6.07, 6.45) is 21.4. The number of aromatic amines is 2. The second-order valence-corrected chi connectivity index (χ2v) is 22.4. The van der Waals surface area contributed by atoms with E-state index < -0.39 is 0 Å². The van der Waals surface area contributed by atoms with E-state index in [1.54, 1.807) is 84.6 Å². The summed E-state index contributed by atoms with van der Waals surface area (Å²) in [4.78, 5) is 73.8. The van der Waals surface area contributed by atoms with Crippen molar-refractivity contribution < 1.29 is 39.0 Å². The van der Waals surface area contributed by atoms with E-state index in [9.17, 15) is 0 Å². The first-order valence-electron chi connectivity index (χ1n) is 29.2. The van der Waals surface area contributed by atoms with Crippen molar-refractivity contribution in [3.63, 3.8) is 0 Å². The van der Waals surface area contributed by atoms with Gasteiger partial charge in [-0.1, -0.05) is 48.5 Å². The van der Waals surface area contributed by atoms with Gasteiger partial charge in [0.25, 0.3) is 0 Å². The first kappa shape index (κ1) is 63.0. The van der Waals surface area contributed by atoms with Crippen molar-refractivity contribution in [3.8, 4) is 76.7 Å². The number of fused-ring (bicyclic) bond motifs is 12. The Morgan fingerprint density at radius 1 is 0.202 bits per heavy atom. The molecule has 454 valence electrons. The van der Waals surface area contributed by atoms with Gasteiger partial charge in [-0.15, -0.1) is 22.7 Å². The summed E-state index contributed by atoms with van der Waals surface area (Å²) >= 11 is 3.44. The van der Waals surface area contributed by atoms with Gasteiger partial charge >= 0.3 is 0 Å². The van der Waals surface area contributed by atoms with Crippen molar-refractivity contribution in [3.05, 3.63) is 293 Å². The van der Waals surface area contributed by atoms with E-state index in [0.29, 0.717) is 0 Å². The van der Waals surface area contributed by atoms with Crippen molar-refractivity contribution in [2.75, 3.05) is 0 Å². The van der Waals surface area contributed by atoms with Crippen molar-refractivity contribution in [1.82, 2.24) is 79.7 Å². The molecule has 16 nitrogen and oxygen atoms in total. The molecule has 2 aromatic carbocycles. The molecule has 0 spiro atoms. The second kappa shape index (κ2) is 30.3. The molecule has 16 aromatic heterocycles. The maximum absolute atomic E-state index is 5.06. The fourth-order valence-corrected chi connectivity index (χ4v) is 12.2. The smallest absolute Gasteiger partial charge is 0.148 e. The van der Waals surface area contributed by atoms with Crippen molar-refractivity contribution >= 4 is 88.4 Å². The van der Waals surface area contributed by atoms with Crippen LogP contribution in [0.4, 0.5) is 0 Å². The predicted molar refractivity (Wildman–Crippen MR) is 369 cm³/mol. The van der Waals surface area contributed by atoms with Crippen LogP contribution in [0.3, 0.4) is 0 Å². The van der Waals surface area contributed by atoms with Crippen LogP contribution < -0.4 is 0 Å². The van der Waals surface area contributed by atoms with Gasteiger partial charge in [-0.3, -0.25) is 59.8 Å². The minimum absolute atomic E-state index is 0. The molecule has 18 aromatic rings. The quantitative estimate of drug-likeness (QED) is 0.112. The number of aromatic nitrogens is 16. The summed E-state index contributed by atoms with van der Waals surface area (Å²) in [5.41, 5.74) is 14.6. The number of imidazole rings is 2. The third-order valence-electron chi connectivity index (χ3n) is 14.4. The van der Waals surface area contributed by atoms with Gasteiger partial charge in [0, 0.05) is 145 Å². The average Bonchev–Trinajstić information content (AvgIpc) is 1.59. The zero-order chi connectivity index (χ0) is 61.7. The monoisotopic (exact) mass is 1430 g/mol. The number of rotatable bonds is 7. The summed E-state index contributed by atoms with van der Waals surface area (Å²) < 4.78 is 0. The molecule has 0 fully saturated rings. The van der Waals surface area contributed by atoms with Crippen molar-refractivity contribution in [2.24, 2.45) is 0 Å². The van der Waals surface area contributed by atoms with Crippen LogP contribution in [0.1, 0.15) is 0 Å². The van der Waals surface area contributed by atoms with Crippen molar-refractivity contribution in [1.29, 1.82) is 0 Å². The summed E-state index contributed by atoms with van der Waals surface area (Å²) in [6, 6.07) is 71.1. The molecule has 0 bridgehead atoms. The Morgan fingerprint density at radius 2 is 0.426 bits per heavy atom. The third-order valence-corrected chi connectivity index (χ3v) is 16.8. The fourth-order valence-electron chi connectivity index (χ4n) is 10.2. The minimum Gasteiger partial charge on any atom is -0.337 e. The Labute approximate surface area is 572 Å². The normalized spacial score (nSPS) is 10.6. The van der Waals surface area contributed by atoms with Gasteiger partial charge in [0.2, 0.25) is 0 Å². The number of benzene rings is 2. The Kier molecular flexibility index (Phi) is 20.3. The molecule has 2 N–H and O–H groups in total. The molecule has 0 amide bonds. The van der Waals surface area contributed by atoms with Gasteiger partial charge in [0.1, 0.15) is 11.6 Å². The minimum atomic E-state index is 0. The van der Waals surface area contributed by atoms with Gasteiger partial charge in [-0.05, 0) is 170 Å². The number of pyridine rings is 12. The molecule has 0 aliphatic rings. The first-order chi connectivity index (χ1) is 45.7. The van der Waals surface area contributed by atoms with Gasteiger partial charge in [-0.2, -0.15) is 0 Å². The Hall–Kier alpha value is -11.1. The van der Waals surface area contributed by atoms with E-state index in [2.05, 4.69) is 118 Å². The van der Waals surface area contributed by atoms with E-state index in [4.69, 9.17) is 9.97 Å². The first-order valence-corrected chi connectivity index (χ1v) is 30.8. The summed E-state index contributed by atoms with van der Waals surface area (Å²) in [5, 5.41) is 4.03. The molecule has 0 saturated carbocycles. The van der Waals surface area contributed by atoms with E-state index in [1.807, 2.05) is 182 Å². The molecule has 0 atom stereocenters. The zero-order valence-electron chi connectivity index (χ0n) is 49.5. The van der Waals surface area contributed by atoms with E-state index in [1.165, 1.54) is 9.75 Å². The van der Waals surface area contributed by atoms with Gasteiger partial charge in [0.05, 0.1) is 99.4 Å². The van der Waals surface area contributed by atoms with E-state index in [-0.39, 0.29) is 39.0 Å². The molecular formula is C74H50N16Ru2S2. The number of nitrogens with zero attached hydrogens (tertiary/aromatic N) is 14. The third kappa shape index (κ3) is 14.2. The summed E-state index contributed by atoms with van der Waals surface area (Å²) in [6.45, 7) is 0. The molecule has 0 radical (unpaired) electrons. The number of hydrogen-bond acceptors (Lipinski definition) is 16. The van der Waals surface area contributed by atoms with Crippen LogP contribution in [-0.2, 0) is 39.0 Å². The Morgan fingerprint density at radius 3 is 0.670 bits per heavy atom. The van der Waals surface area contributed by atoms with Crippen molar-refractivity contribution in [2.45, 2.75) is 0 Å². The van der Waals surface area contributed by atoms with Gasteiger partial charge in [-0.25, -0.2) is 9.97 Å². The average molecular weight is 1430 g/mol.